The molecule has 1 aliphatic heterocycles. The fourth-order valence-electron chi connectivity index (χ4n) is 3.45. The van der Waals surface area contributed by atoms with Gasteiger partial charge in [0, 0.05) is 29.6 Å². The van der Waals surface area contributed by atoms with E-state index in [2.05, 4.69) is 26.6 Å². The number of nitrogens with one attached hydrogen (secondary N) is 2. The van der Waals surface area contributed by atoms with E-state index in [0.29, 0.717) is 24.0 Å². The van der Waals surface area contributed by atoms with Gasteiger partial charge in [0.15, 0.2) is 0 Å². The van der Waals surface area contributed by atoms with Gasteiger partial charge in [-0.3, -0.25) is 4.79 Å². The molecule has 5 nitrogen and oxygen atoms in total. The van der Waals surface area contributed by atoms with Gasteiger partial charge < -0.3 is 15.5 Å². The van der Waals surface area contributed by atoms with Gasteiger partial charge in [0.25, 0.3) is 5.91 Å². The summed E-state index contributed by atoms with van der Waals surface area (Å²) in [5.74, 6) is -0.0259. The second-order valence-corrected chi connectivity index (χ2v) is 8.39. The summed E-state index contributed by atoms with van der Waals surface area (Å²) in [4.78, 5) is 27.2. The van der Waals surface area contributed by atoms with Crippen LogP contribution in [0.4, 0.5) is 4.79 Å². The Morgan fingerprint density at radius 1 is 1.04 bits per heavy atom. The van der Waals surface area contributed by atoms with Crippen molar-refractivity contribution in [2.75, 3.05) is 13.1 Å². The van der Waals surface area contributed by atoms with Crippen LogP contribution >= 0.6 is 27.3 Å². The van der Waals surface area contributed by atoms with Crippen molar-refractivity contribution in [3.8, 4) is 0 Å². The van der Waals surface area contributed by atoms with Crippen molar-refractivity contribution in [2.24, 2.45) is 0 Å². The third kappa shape index (κ3) is 4.51. The number of halogens is 1. The molecule has 2 N–H and O–H groups in total. The van der Waals surface area contributed by atoms with Crippen molar-refractivity contribution < 1.29 is 9.59 Å². The van der Waals surface area contributed by atoms with Crippen LogP contribution in [0.3, 0.4) is 0 Å². The van der Waals surface area contributed by atoms with Crippen LogP contribution in [-0.4, -0.2) is 42.0 Å². The Morgan fingerprint density at radius 2 is 1.71 bits per heavy atom. The number of carbonyl (C=O) groups is 2. The van der Waals surface area contributed by atoms with Crippen LogP contribution in [0.5, 0.6) is 0 Å². The normalized spacial score (nSPS) is 20.0. The standard InChI is InChI=1S/C17H24BrN3O2S/c18-14-8-11-24-15(14)16(22)19-13-6-9-21(10-7-13)17(23)20-12-4-2-1-3-5-12/h8,11-13H,1-7,9-10H2,(H,19,22)(H,20,23). The van der Waals surface area contributed by atoms with Crippen molar-refractivity contribution in [3.63, 3.8) is 0 Å². The number of amides is 3. The smallest absolute Gasteiger partial charge is 0.317 e. The van der Waals surface area contributed by atoms with E-state index in [-0.39, 0.29) is 18.0 Å². The average Bonchev–Trinajstić information content (AvgIpc) is 3.02. The molecule has 1 aliphatic carbocycles. The number of nitrogens with zero attached hydrogens (tertiary/aromatic N) is 1. The third-order valence-electron chi connectivity index (χ3n) is 4.87. The molecule has 2 aliphatic rings. The molecule has 1 saturated heterocycles. The molecule has 0 unspecified atom stereocenters. The molecule has 3 rings (SSSR count). The third-order valence-corrected chi connectivity index (χ3v) is 6.71. The van der Waals surface area contributed by atoms with Crippen molar-refractivity contribution in [2.45, 2.75) is 57.0 Å². The number of thiophene rings is 1. The first kappa shape index (κ1) is 17.7. The van der Waals surface area contributed by atoms with E-state index in [1.54, 1.807) is 0 Å². The molecule has 2 fully saturated rings. The van der Waals surface area contributed by atoms with Crippen LogP contribution in [0.15, 0.2) is 15.9 Å². The van der Waals surface area contributed by atoms with Crippen molar-refractivity contribution >= 4 is 39.2 Å². The minimum Gasteiger partial charge on any atom is -0.348 e. The molecule has 7 heteroatoms. The maximum Gasteiger partial charge on any atom is 0.317 e. The molecule has 0 radical (unpaired) electrons. The fourth-order valence-corrected chi connectivity index (χ4v) is 4.90. The SMILES string of the molecule is O=C(NC1CCN(C(=O)NC2CCCCC2)CC1)c1sccc1Br. The maximum atomic E-state index is 12.3. The van der Waals surface area contributed by atoms with Crippen molar-refractivity contribution in [3.05, 3.63) is 20.8 Å². The van der Waals surface area contributed by atoms with E-state index in [4.69, 9.17) is 0 Å². The zero-order chi connectivity index (χ0) is 16.9. The van der Waals surface area contributed by atoms with E-state index < -0.39 is 0 Å². The Kier molecular flexibility index (Phi) is 6.16. The van der Waals surface area contributed by atoms with Gasteiger partial charge in [-0.05, 0) is 53.1 Å². The summed E-state index contributed by atoms with van der Waals surface area (Å²) in [6.45, 7) is 1.41. The largest absolute Gasteiger partial charge is 0.348 e. The summed E-state index contributed by atoms with van der Waals surface area (Å²) < 4.78 is 0.842. The Balaban J connectivity index is 1.42. The van der Waals surface area contributed by atoms with Crippen LogP contribution in [0, 0.1) is 0 Å². The number of piperidine rings is 1. The highest BCUT2D eigenvalue weighted by Crippen LogP contribution is 2.23. The van der Waals surface area contributed by atoms with Crippen molar-refractivity contribution in [1.82, 2.24) is 15.5 Å². The second-order valence-electron chi connectivity index (χ2n) is 6.62. The monoisotopic (exact) mass is 413 g/mol. The molecule has 1 aromatic heterocycles. The maximum absolute atomic E-state index is 12.3. The molecule has 0 atom stereocenters. The molecule has 3 amide bonds. The van der Waals surface area contributed by atoms with Gasteiger partial charge in [-0.15, -0.1) is 11.3 Å². The minimum absolute atomic E-state index is 0.0259. The van der Waals surface area contributed by atoms with Gasteiger partial charge in [-0.25, -0.2) is 4.79 Å². The van der Waals surface area contributed by atoms with E-state index >= 15 is 0 Å². The number of likely N-dealkylation sites (tertiary alicyclic amines) is 1. The lowest BCUT2D eigenvalue weighted by atomic mass is 9.95. The predicted octanol–water partition coefficient (Wildman–Crippen LogP) is 3.75. The number of urea groups is 1. The number of carbonyl (C=O) groups excluding carboxylic acids is 2. The van der Waals surface area contributed by atoms with Crippen LogP contribution in [0.2, 0.25) is 0 Å². The number of hydrogen-bond acceptors (Lipinski definition) is 3. The van der Waals surface area contributed by atoms with Gasteiger partial charge in [0.2, 0.25) is 0 Å². The zero-order valence-electron chi connectivity index (χ0n) is 13.7. The summed E-state index contributed by atoms with van der Waals surface area (Å²) in [6, 6.07) is 2.44. The Labute approximate surface area is 155 Å². The summed E-state index contributed by atoms with van der Waals surface area (Å²) in [5.41, 5.74) is 0. The second kappa shape index (κ2) is 8.34. The van der Waals surface area contributed by atoms with Gasteiger partial charge in [0.05, 0.1) is 0 Å². The van der Waals surface area contributed by atoms with Gasteiger partial charge in [-0.2, -0.15) is 0 Å². The Morgan fingerprint density at radius 3 is 2.33 bits per heavy atom. The molecule has 0 spiro atoms. The first-order valence-corrected chi connectivity index (χ1v) is 10.4. The molecule has 24 heavy (non-hydrogen) atoms. The number of rotatable bonds is 3. The lowest BCUT2D eigenvalue weighted by Crippen LogP contribution is -2.51. The summed E-state index contributed by atoms with van der Waals surface area (Å²) in [5, 5.41) is 8.16. The molecule has 132 valence electrons. The highest BCUT2D eigenvalue weighted by atomic mass is 79.9. The molecular formula is C17H24BrN3O2S. The topological polar surface area (TPSA) is 61.4 Å². The first-order valence-electron chi connectivity index (χ1n) is 8.73. The zero-order valence-corrected chi connectivity index (χ0v) is 16.1. The van der Waals surface area contributed by atoms with Gasteiger partial charge in [0.1, 0.15) is 4.88 Å². The van der Waals surface area contributed by atoms with E-state index in [1.165, 1.54) is 30.6 Å². The van der Waals surface area contributed by atoms with Crippen LogP contribution in [-0.2, 0) is 0 Å². The first-order chi connectivity index (χ1) is 11.6. The van der Waals surface area contributed by atoms with E-state index in [9.17, 15) is 9.59 Å². The van der Waals surface area contributed by atoms with Crippen LogP contribution in [0.1, 0.15) is 54.6 Å². The Bertz CT molecular complexity index is 578. The summed E-state index contributed by atoms with van der Waals surface area (Å²) in [7, 11) is 0. The summed E-state index contributed by atoms with van der Waals surface area (Å²) >= 11 is 4.83. The van der Waals surface area contributed by atoms with E-state index in [0.717, 1.165) is 30.2 Å². The lowest BCUT2D eigenvalue weighted by molar-refractivity contribution is 0.0921. The minimum atomic E-state index is -0.0259. The fraction of sp³-hybridized carbons (Fsp3) is 0.647. The molecule has 0 aromatic carbocycles. The quantitative estimate of drug-likeness (QED) is 0.792. The molecule has 1 saturated carbocycles. The molecule has 0 bridgehead atoms. The Hall–Kier alpha value is -1.08. The number of hydrogen-bond donors (Lipinski definition) is 2. The molecule has 1 aromatic rings. The van der Waals surface area contributed by atoms with E-state index in [1.807, 2.05) is 16.3 Å². The van der Waals surface area contributed by atoms with Gasteiger partial charge in [-0.1, -0.05) is 19.3 Å². The highest BCUT2D eigenvalue weighted by Gasteiger charge is 2.26. The lowest BCUT2D eigenvalue weighted by Gasteiger charge is -2.34. The van der Waals surface area contributed by atoms with Crippen molar-refractivity contribution in [1.29, 1.82) is 0 Å². The summed E-state index contributed by atoms with van der Waals surface area (Å²) in [6.07, 6.45) is 7.56. The average molecular weight is 414 g/mol. The molecular weight excluding hydrogens is 390 g/mol. The highest BCUT2D eigenvalue weighted by molar-refractivity contribution is 9.10. The molecule has 2 heterocycles. The predicted molar refractivity (Wildman–Crippen MR) is 99.5 cm³/mol. The van der Waals surface area contributed by atoms with Crippen LogP contribution in [0.25, 0.3) is 0 Å². The van der Waals surface area contributed by atoms with Crippen LogP contribution < -0.4 is 10.6 Å². The van der Waals surface area contributed by atoms with Gasteiger partial charge >= 0.3 is 6.03 Å².